The average Bonchev–Trinajstić information content (AvgIpc) is 2.35. The third-order valence-corrected chi connectivity index (χ3v) is 4.65. The van der Waals surface area contributed by atoms with E-state index in [1.807, 2.05) is 11.8 Å². The minimum absolute atomic E-state index is 0.00720. The smallest absolute Gasteiger partial charge is 0.403 e. The van der Waals surface area contributed by atoms with Gasteiger partial charge in [0.1, 0.15) is 0 Å². The molecule has 0 aromatic heterocycles. The minimum Gasteiger partial charge on any atom is -0.403 e. The van der Waals surface area contributed by atoms with Crippen molar-refractivity contribution in [3.63, 3.8) is 0 Å². The van der Waals surface area contributed by atoms with E-state index in [1.54, 1.807) is 0 Å². The molecule has 0 atom stereocenters. The average molecular weight is 244 g/mol. The number of rotatable bonds is 6. The van der Waals surface area contributed by atoms with Crippen LogP contribution in [0, 0.1) is 0 Å². The van der Waals surface area contributed by atoms with Crippen LogP contribution in [0.15, 0.2) is 0 Å². The fraction of sp³-hybridized carbons (Fsp3) is 1.00. The first-order valence-electron chi connectivity index (χ1n) is 6.32. The minimum atomic E-state index is -0.172. The highest BCUT2D eigenvalue weighted by atomic mass is 32.2. The van der Waals surface area contributed by atoms with Crippen molar-refractivity contribution in [1.29, 1.82) is 0 Å². The molecule has 4 heteroatoms. The van der Waals surface area contributed by atoms with Crippen molar-refractivity contribution in [1.82, 2.24) is 0 Å². The van der Waals surface area contributed by atoms with Crippen molar-refractivity contribution in [3.8, 4) is 0 Å². The molecule has 1 fully saturated rings. The lowest BCUT2D eigenvalue weighted by Gasteiger charge is -2.32. The van der Waals surface area contributed by atoms with Crippen molar-refractivity contribution in [3.05, 3.63) is 0 Å². The summed E-state index contributed by atoms with van der Waals surface area (Å²) in [5.41, 5.74) is -0.345. The molecular weight excluding hydrogens is 219 g/mol. The number of hydrogen-bond acceptors (Lipinski definition) is 3. The van der Waals surface area contributed by atoms with Crippen LogP contribution in [0.3, 0.4) is 0 Å². The molecule has 0 aromatic carbocycles. The molecule has 16 heavy (non-hydrogen) atoms. The quantitative estimate of drug-likeness (QED) is 0.525. The molecule has 1 saturated heterocycles. The summed E-state index contributed by atoms with van der Waals surface area (Å²) in [6.45, 7) is 10.7. The lowest BCUT2D eigenvalue weighted by Crippen LogP contribution is -2.41. The van der Waals surface area contributed by atoms with Gasteiger partial charge in [-0.05, 0) is 58.4 Å². The van der Waals surface area contributed by atoms with Crippen LogP contribution in [-0.4, -0.2) is 29.8 Å². The first kappa shape index (κ1) is 14.4. The zero-order valence-corrected chi connectivity index (χ0v) is 12.2. The fourth-order valence-corrected chi connectivity index (χ4v) is 2.55. The van der Waals surface area contributed by atoms with E-state index in [2.05, 4.69) is 34.6 Å². The number of thioether (sulfide) groups is 1. The van der Waals surface area contributed by atoms with E-state index >= 15 is 0 Å². The Bertz CT molecular complexity index is 203. The van der Waals surface area contributed by atoms with Gasteiger partial charge in [0, 0.05) is 0 Å². The molecule has 2 nitrogen and oxygen atoms in total. The molecule has 0 aromatic rings. The first-order chi connectivity index (χ1) is 7.39. The standard InChI is InChI=1S/C12H25BO2S/c1-6-9-16-10-7-8-13-14-11(2,3)12(4,5)15-13/h6-10H2,1-5H3. The highest BCUT2D eigenvalue weighted by Crippen LogP contribution is 2.37. The Morgan fingerprint density at radius 2 is 1.56 bits per heavy atom. The van der Waals surface area contributed by atoms with E-state index in [4.69, 9.17) is 9.31 Å². The van der Waals surface area contributed by atoms with Crippen molar-refractivity contribution in [2.75, 3.05) is 11.5 Å². The van der Waals surface area contributed by atoms with E-state index in [-0.39, 0.29) is 18.3 Å². The van der Waals surface area contributed by atoms with Crippen molar-refractivity contribution in [2.45, 2.75) is 65.0 Å². The highest BCUT2D eigenvalue weighted by Gasteiger charge is 2.50. The molecule has 1 aliphatic heterocycles. The summed E-state index contributed by atoms with van der Waals surface area (Å²) in [5.74, 6) is 2.49. The lowest BCUT2D eigenvalue weighted by molar-refractivity contribution is 0.00578. The zero-order valence-electron chi connectivity index (χ0n) is 11.3. The molecule has 0 radical (unpaired) electrons. The summed E-state index contributed by atoms with van der Waals surface area (Å²) in [6, 6.07) is 0. The SMILES string of the molecule is CCCSCCCB1OC(C)(C)C(C)(C)O1. The largest absolute Gasteiger partial charge is 0.457 e. The predicted octanol–water partition coefficient (Wildman–Crippen LogP) is 3.61. The van der Waals surface area contributed by atoms with Crippen LogP contribution in [0.1, 0.15) is 47.5 Å². The van der Waals surface area contributed by atoms with Gasteiger partial charge in [0.05, 0.1) is 11.2 Å². The summed E-state index contributed by atoms with van der Waals surface area (Å²) in [4.78, 5) is 0. The first-order valence-corrected chi connectivity index (χ1v) is 7.48. The maximum atomic E-state index is 5.94. The Kier molecular flexibility index (Phi) is 5.21. The van der Waals surface area contributed by atoms with Crippen molar-refractivity contribution >= 4 is 18.9 Å². The Hall–Kier alpha value is 0.335. The Labute approximate surface area is 105 Å². The van der Waals surface area contributed by atoms with Gasteiger partial charge in [0.15, 0.2) is 0 Å². The summed E-state index contributed by atoms with van der Waals surface area (Å²) in [5, 5.41) is 0. The molecule has 0 amide bonds. The van der Waals surface area contributed by atoms with E-state index in [1.165, 1.54) is 24.3 Å². The Morgan fingerprint density at radius 3 is 2.06 bits per heavy atom. The van der Waals surface area contributed by atoms with Crippen molar-refractivity contribution in [2.24, 2.45) is 0 Å². The molecule has 0 aliphatic carbocycles. The highest BCUT2D eigenvalue weighted by molar-refractivity contribution is 7.99. The third kappa shape index (κ3) is 3.68. The Balaban J connectivity index is 2.21. The molecule has 0 spiro atoms. The summed E-state index contributed by atoms with van der Waals surface area (Å²) in [7, 11) is -0.00720. The summed E-state index contributed by atoms with van der Waals surface area (Å²) < 4.78 is 11.9. The van der Waals surface area contributed by atoms with E-state index in [0.29, 0.717) is 0 Å². The summed E-state index contributed by atoms with van der Waals surface area (Å²) in [6.07, 6.45) is 3.46. The lowest BCUT2D eigenvalue weighted by atomic mass is 9.83. The number of hydrogen-bond donors (Lipinski definition) is 0. The normalized spacial score (nSPS) is 22.7. The van der Waals surface area contributed by atoms with Crippen LogP contribution in [0.25, 0.3) is 0 Å². The van der Waals surface area contributed by atoms with E-state index in [0.717, 1.165) is 6.32 Å². The van der Waals surface area contributed by atoms with Crippen LogP contribution >= 0.6 is 11.8 Å². The van der Waals surface area contributed by atoms with Gasteiger partial charge in [-0.25, -0.2) is 0 Å². The topological polar surface area (TPSA) is 18.5 Å². The van der Waals surface area contributed by atoms with Gasteiger partial charge in [-0.3, -0.25) is 0 Å². The van der Waals surface area contributed by atoms with Gasteiger partial charge in [-0.2, -0.15) is 11.8 Å². The second-order valence-corrected chi connectivity index (χ2v) is 6.67. The van der Waals surface area contributed by atoms with Gasteiger partial charge in [-0.15, -0.1) is 0 Å². The van der Waals surface area contributed by atoms with Gasteiger partial charge in [0.2, 0.25) is 0 Å². The van der Waals surface area contributed by atoms with Gasteiger partial charge >= 0.3 is 7.12 Å². The van der Waals surface area contributed by atoms with Gasteiger partial charge < -0.3 is 9.31 Å². The Morgan fingerprint density at radius 1 is 1.00 bits per heavy atom. The molecule has 1 rings (SSSR count). The van der Waals surface area contributed by atoms with Gasteiger partial charge in [0.25, 0.3) is 0 Å². The predicted molar refractivity (Wildman–Crippen MR) is 73.1 cm³/mol. The second kappa shape index (κ2) is 5.79. The molecular formula is C12H25BO2S. The molecule has 0 saturated carbocycles. The molecule has 1 aliphatic rings. The zero-order chi connectivity index (χ0) is 12.2. The van der Waals surface area contributed by atoms with Crippen LogP contribution in [0.4, 0.5) is 0 Å². The van der Waals surface area contributed by atoms with E-state index < -0.39 is 0 Å². The fourth-order valence-electron chi connectivity index (χ4n) is 1.68. The molecule has 0 bridgehead atoms. The third-order valence-electron chi connectivity index (χ3n) is 3.38. The van der Waals surface area contributed by atoms with Crippen LogP contribution in [0.2, 0.25) is 6.32 Å². The molecule has 0 unspecified atom stereocenters. The maximum Gasteiger partial charge on any atom is 0.457 e. The van der Waals surface area contributed by atoms with E-state index in [9.17, 15) is 0 Å². The molecule has 0 N–H and O–H groups in total. The molecule has 94 valence electrons. The van der Waals surface area contributed by atoms with Crippen LogP contribution in [-0.2, 0) is 9.31 Å². The van der Waals surface area contributed by atoms with Crippen LogP contribution < -0.4 is 0 Å². The maximum absolute atomic E-state index is 5.94. The van der Waals surface area contributed by atoms with Crippen molar-refractivity contribution < 1.29 is 9.31 Å². The molecule has 1 heterocycles. The van der Waals surface area contributed by atoms with Gasteiger partial charge in [-0.1, -0.05) is 6.92 Å². The summed E-state index contributed by atoms with van der Waals surface area (Å²) >= 11 is 2.03. The monoisotopic (exact) mass is 244 g/mol. The van der Waals surface area contributed by atoms with Crippen LogP contribution in [0.5, 0.6) is 0 Å². The second-order valence-electron chi connectivity index (χ2n) is 5.44.